The molecule has 0 aromatic heterocycles. The Balaban J connectivity index is 5.26. The minimum absolute atomic E-state index is 0.136. The molecule has 5 atom stereocenters. The van der Waals surface area contributed by atoms with E-state index in [1.165, 1.54) is 13.8 Å². The van der Waals surface area contributed by atoms with Crippen LogP contribution in [0.4, 0.5) is 0 Å². The number of nitrogens with two attached hydrogens (primary N) is 3. The smallest absolute Gasteiger partial charge is 0.326 e. The van der Waals surface area contributed by atoms with Crippen molar-refractivity contribution in [3.8, 4) is 0 Å². The van der Waals surface area contributed by atoms with Gasteiger partial charge < -0.3 is 43.6 Å². The van der Waals surface area contributed by atoms with Gasteiger partial charge in [0.15, 0.2) is 0 Å². The number of carboxylic acids is 1. The van der Waals surface area contributed by atoms with Crippen molar-refractivity contribution in [1.29, 1.82) is 0 Å². The predicted octanol–water partition coefficient (Wildman–Crippen LogP) is -3.69. The van der Waals surface area contributed by atoms with E-state index >= 15 is 0 Å². The molecule has 0 fully saturated rings. The average molecular weight is 506 g/mol. The Hall–Kier alpha value is -2.91. The van der Waals surface area contributed by atoms with E-state index in [4.69, 9.17) is 17.2 Å². The van der Waals surface area contributed by atoms with Crippen LogP contribution in [-0.2, 0) is 28.8 Å². The summed E-state index contributed by atoms with van der Waals surface area (Å²) in [5, 5.41) is 18.6. The fourth-order valence-corrected chi connectivity index (χ4v) is 2.86. The monoisotopic (exact) mass is 505 g/mol. The predicted molar refractivity (Wildman–Crippen MR) is 125 cm³/mol. The summed E-state index contributed by atoms with van der Waals surface area (Å²) in [5.74, 6) is -5.52. The maximum absolute atomic E-state index is 12.7. The number of carbonyl (C=O) groups is 6. The van der Waals surface area contributed by atoms with Crippen molar-refractivity contribution < 1.29 is 33.9 Å². The second kappa shape index (κ2) is 15.8. The Morgan fingerprint density at radius 1 is 0.824 bits per heavy atom. The molecule has 0 radical (unpaired) electrons. The van der Waals surface area contributed by atoms with Crippen molar-refractivity contribution in [2.75, 3.05) is 12.3 Å². The van der Waals surface area contributed by atoms with Crippen molar-refractivity contribution in [2.24, 2.45) is 17.2 Å². The van der Waals surface area contributed by atoms with Crippen molar-refractivity contribution >= 4 is 48.1 Å². The molecule has 194 valence electrons. The van der Waals surface area contributed by atoms with Crippen LogP contribution < -0.4 is 38.5 Å². The van der Waals surface area contributed by atoms with Gasteiger partial charge in [0.1, 0.15) is 24.2 Å². The first-order chi connectivity index (χ1) is 15.8. The second-order valence-electron chi connectivity index (χ2n) is 7.68. The Morgan fingerprint density at radius 2 is 1.35 bits per heavy atom. The summed E-state index contributed by atoms with van der Waals surface area (Å²) in [4.78, 5) is 72.0. The van der Waals surface area contributed by atoms with Gasteiger partial charge in [-0.2, -0.15) is 12.6 Å². The van der Waals surface area contributed by atoms with E-state index in [2.05, 4.69) is 33.9 Å². The summed E-state index contributed by atoms with van der Waals surface area (Å²) in [5.41, 5.74) is 16.0. The van der Waals surface area contributed by atoms with Gasteiger partial charge in [0.2, 0.25) is 29.5 Å². The molecule has 0 bridgehead atoms. The fourth-order valence-electron chi connectivity index (χ4n) is 2.61. The van der Waals surface area contributed by atoms with Crippen molar-refractivity contribution in [1.82, 2.24) is 21.3 Å². The van der Waals surface area contributed by atoms with Gasteiger partial charge in [-0.25, -0.2) is 4.79 Å². The molecule has 15 heteroatoms. The summed E-state index contributed by atoms with van der Waals surface area (Å²) in [6.07, 6.45) is 0.583. The maximum atomic E-state index is 12.7. The van der Waals surface area contributed by atoms with Crippen LogP contribution in [0.25, 0.3) is 0 Å². The topological polar surface area (TPSA) is 249 Å². The lowest BCUT2D eigenvalue weighted by Gasteiger charge is -2.24. The standard InChI is InChI=1S/C19H35N7O7S/c1-9(21)15(28)23-10(2)16(29)25-12(7-14(22)27)17(30)26-13(8-34)18(31)24-11(19(32)33)5-3-4-6-20/h9-13,34H,3-8,20-21H2,1-2H3,(H2,22,27)(H,23,28)(H,24,31)(H,25,29)(H,26,30)(H,32,33)/t9-,10-,11-,12-,13-/m0/s1. The summed E-state index contributed by atoms with van der Waals surface area (Å²) < 4.78 is 0. The van der Waals surface area contributed by atoms with E-state index in [9.17, 15) is 33.9 Å². The lowest BCUT2D eigenvalue weighted by molar-refractivity contribution is -0.142. The van der Waals surface area contributed by atoms with Gasteiger partial charge in [-0.05, 0) is 39.7 Å². The molecule has 0 unspecified atom stereocenters. The normalized spacial score (nSPS) is 15.1. The average Bonchev–Trinajstić information content (AvgIpc) is 2.75. The number of carbonyl (C=O) groups excluding carboxylic acids is 5. The highest BCUT2D eigenvalue weighted by atomic mass is 32.1. The van der Waals surface area contributed by atoms with Crippen LogP contribution in [0.15, 0.2) is 0 Å². The zero-order chi connectivity index (χ0) is 26.4. The van der Waals surface area contributed by atoms with E-state index in [1.54, 1.807) is 0 Å². The van der Waals surface area contributed by atoms with E-state index in [-0.39, 0.29) is 12.2 Å². The highest BCUT2D eigenvalue weighted by Crippen LogP contribution is 2.03. The molecule has 0 heterocycles. The quantitative estimate of drug-likeness (QED) is 0.0738. The first-order valence-electron chi connectivity index (χ1n) is 10.6. The van der Waals surface area contributed by atoms with Gasteiger partial charge in [-0.1, -0.05) is 0 Å². The number of primary amides is 1. The molecule has 0 saturated carbocycles. The van der Waals surface area contributed by atoms with Crippen molar-refractivity contribution in [3.63, 3.8) is 0 Å². The molecule has 0 spiro atoms. The van der Waals surface area contributed by atoms with Gasteiger partial charge in [-0.3, -0.25) is 24.0 Å². The molecule has 0 aliphatic rings. The minimum Gasteiger partial charge on any atom is -0.480 e. The molecular formula is C19H35N7O7S. The molecule has 0 rings (SSSR count). The zero-order valence-corrected chi connectivity index (χ0v) is 20.1. The number of unbranched alkanes of at least 4 members (excludes halogenated alkanes) is 1. The lowest BCUT2D eigenvalue weighted by atomic mass is 10.1. The van der Waals surface area contributed by atoms with E-state index in [0.29, 0.717) is 19.4 Å². The van der Waals surface area contributed by atoms with Gasteiger partial charge in [-0.15, -0.1) is 0 Å². The molecule has 0 aliphatic heterocycles. The van der Waals surface area contributed by atoms with Crippen molar-refractivity contribution in [2.45, 2.75) is 69.7 Å². The number of thiol groups is 1. The highest BCUT2D eigenvalue weighted by Gasteiger charge is 2.30. The maximum Gasteiger partial charge on any atom is 0.326 e. The molecule has 14 nitrogen and oxygen atoms in total. The van der Waals surface area contributed by atoms with Gasteiger partial charge >= 0.3 is 5.97 Å². The fraction of sp³-hybridized carbons (Fsp3) is 0.684. The zero-order valence-electron chi connectivity index (χ0n) is 19.2. The number of nitrogens with one attached hydrogen (secondary N) is 4. The molecule has 0 aromatic carbocycles. The highest BCUT2D eigenvalue weighted by molar-refractivity contribution is 7.80. The van der Waals surface area contributed by atoms with Gasteiger partial charge in [0, 0.05) is 5.75 Å². The minimum atomic E-state index is -1.46. The Kier molecular flexibility index (Phi) is 14.5. The van der Waals surface area contributed by atoms with Crippen LogP contribution in [0.3, 0.4) is 0 Å². The number of hydrogen-bond donors (Lipinski definition) is 9. The third-order valence-electron chi connectivity index (χ3n) is 4.58. The number of carboxylic acid groups (broad SMARTS) is 1. The number of aliphatic carboxylic acids is 1. The van der Waals surface area contributed by atoms with E-state index in [0.717, 1.165) is 0 Å². The number of hydrogen-bond acceptors (Lipinski definition) is 9. The molecule has 0 aromatic rings. The van der Waals surface area contributed by atoms with Crippen LogP contribution in [0.2, 0.25) is 0 Å². The van der Waals surface area contributed by atoms with E-state index in [1.807, 2.05) is 0 Å². The Bertz CT molecular complexity index is 751. The van der Waals surface area contributed by atoms with Gasteiger partial charge in [0.05, 0.1) is 12.5 Å². The van der Waals surface area contributed by atoms with Crippen LogP contribution in [0.1, 0.15) is 39.5 Å². The van der Waals surface area contributed by atoms with Crippen LogP contribution in [0.5, 0.6) is 0 Å². The number of amides is 5. The van der Waals surface area contributed by atoms with Crippen LogP contribution in [-0.4, -0.2) is 83.1 Å². The van der Waals surface area contributed by atoms with E-state index < -0.39 is 72.1 Å². The van der Waals surface area contributed by atoms with Gasteiger partial charge in [0.25, 0.3) is 0 Å². The SMILES string of the molecule is C[C@H](N)C(=O)N[C@@H](C)C(=O)N[C@@H](CC(N)=O)C(=O)N[C@@H](CS)C(=O)N[C@@H](CCCCN)C(=O)O. The first-order valence-corrected chi connectivity index (χ1v) is 11.3. The Labute approximate surface area is 202 Å². The third kappa shape index (κ3) is 11.8. The van der Waals surface area contributed by atoms with Crippen LogP contribution >= 0.6 is 12.6 Å². The van der Waals surface area contributed by atoms with Crippen LogP contribution in [0, 0.1) is 0 Å². The Morgan fingerprint density at radius 3 is 1.82 bits per heavy atom. The summed E-state index contributed by atoms with van der Waals surface area (Å²) in [6.45, 7) is 3.13. The second-order valence-corrected chi connectivity index (χ2v) is 8.04. The number of rotatable bonds is 16. The first kappa shape index (κ1) is 31.1. The largest absolute Gasteiger partial charge is 0.480 e. The molecule has 11 N–H and O–H groups in total. The molecule has 0 aliphatic carbocycles. The third-order valence-corrected chi connectivity index (χ3v) is 4.95. The summed E-state index contributed by atoms with van der Waals surface area (Å²) >= 11 is 4.01. The molecule has 0 saturated heterocycles. The lowest BCUT2D eigenvalue weighted by Crippen LogP contribution is -2.59. The molecule has 34 heavy (non-hydrogen) atoms. The molecular weight excluding hydrogens is 470 g/mol. The van der Waals surface area contributed by atoms with Crippen molar-refractivity contribution in [3.05, 3.63) is 0 Å². The summed E-state index contributed by atoms with van der Waals surface area (Å²) in [6, 6.07) is -5.90. The summed E-state index contributed by atoms with van der Waals surface area (Å²) in [7, 11) is 0. The molecule has 5 amide bonds.